The van der Waals surface area contributed by atoms with E-state index in [-0.39, 0.29) is 5.75 Å². The summed E-state index contributed by atoms with van der Waals surface area (Å²) < 4.78 is 26.0. The average molecular weight is 251 g/mol. The van der Waals surface area contributed by atoms with E-state index in [2.05, 4.69) is 10.6 Å². The molecule has 17 heavy (non-hydrogen) atoms. The molecule has 0 unspecified atom stereocenters. The lowest BCUT2D eigenvalue weighted by atomic mass is 10.2. The Balaban J connectivity index is 2.73. The molecule has 0 bridgehead atoms. The van der Waals surface area contributed by atoms with Gasteiger partial charge in [-0.05, 0) is 30.5 Å². The van der Waals surface area contributed by atoms with Crippen LogP contribution in [0.25, 0.3) is 0 Å². The predicted molar refractivity (Wildman–Crippen MR) is 71.2 cm³/mol. The van der Waals surface area contributed by atoms with Gasteiger partial charge in [-0.25, -0.2) is 8.42 Å². The third-order valence-electron chi connectivity index (χ3n) is 2.27. The Morgan fingerprint density at radius 2 is 2.12 bits per heavy atom. The minimum absolute atomic E-state index is 0.130. The Labute approximate surface area is 103 Å². The summed E-state index contributed by atoms with van der Waals surface area (Å²) in [5, 5.41) is 0. The summed E-state index contributed by atoms with van der Waals surface area (Å²) in [6, 6.07) is 6.82. The fraction of sp³-hybridized carbons (Fsp3) is 0.385. The van der Waals surface area contributed by atoms with E-state index in [0.717, 1.165) is 0 Å². The second kappa shape index (κ2) is 5.74. The number of anilines is 1. The number of benzene rings is 1. The summed E-state index contributed by atoms with van der Waals surface area (Å²) in [4.78, 5) is 0. The molecule has 0 aliphatic heterocycles. The van der Waals surface area contributed by atoms with Gasteiger partial charge >= 0.3 is 0 Å². The van der Waals surface area contributed by atoms with Gasteiger partial charge in [-0.3, -0.25) is 4.72 Å². The highest BCUT2D eigenvalue weighted by Crippen LogP contribution is 2.13. The van der Waals surface area contributed by atoms with Crippen LogP contribution in [-0.2, 0) is 10.0 Å². The standard InChI is InChI=1S/C13H17NO2S/c1-4-12-6-5-7-13(10-12)14-17(15,16)9-8-11(2)3/h1,5-7,10-11,14H,8-9H2,2-3H3. The first-order valence-electron chi connectivity index (χ1n) is 5.50. The van der Waals surface area contributed by atoms with E-state index in [1.54, 1.807) is 24.3 Å². The molecule has 0 fully saturated rings. The van der Waals surface area contributed by atoms with Crippen LogP contribution in [0.4, 0.5) is 5.69 Å². The van der Waals surface area contributed by atoms with Gasteiger partial charge in [-0.2, -0.15) is 0 Å². The molecular formula is C13H17NO2S. The maximum atomic E-state index is 11.7. The summed E-state index contributed by atoms with van der Waals surface area (Å²) in [6.45, 7) is 3.99. The SMILES string of the molecule is C#Cc1cccc(NS(=O)(=O)CCC(C)C)c1. The van der Waals surface area contributed by atoms with E-state index < -0.39 is 10.0 Å². The first kappa shape index (κ1) is 13.6. The minimum Gasteiger partial charge on any atom is -0.284 e. The molecule has 0 saturated heterocycles. The highest BCUT2D eigenvalue weighted by atomic mass is 32.2. The van der Waals surface area contributed by atoms with E-state index in [0.29, 0.717) is 23.6 Å². The lowest BCUT2D eigenvalue weighted by Crippen LogP contribution is -2.17. The molecule has 0 aliphatic carbocycles. The lowest BCUT2D eigenvalue weighted by molar-refractivity contribution is 0.578. The van der Waals surface area contributed by atoms with Gasteiger partial charge in [0.05, 0.1) is 5.75 Å². The molecule has 3 nitrogen and oxygen atoms in total. The molecule has 0 amide bonds. The van der Waals surface area contributed by atoms with Crippen molar-refractivity contribution in [2.45, 2.75) is 20.3 Å². The summed E-state index contributed by atoms with van der Waals surface area (Å²) in [5.74, 6) is 2.96. The first-order chi connectivity index (χ1) is 7.93. The molecule has 1 aromatic carbocycles. The third kappa shape index (κ3) is 4.92. The maximum Gasteiger partial charge on any atom is 0.232 e. The van der Waals surface area contributed by atoms with Gasteiger partial charge in [0, 0.05) is 11.3 Å². The lowest BCUT2D eigenvalue weighted by Gasteiger charge is -2.09. The van der Waals surface area contributed by atoms with Crippen LogP contribution in [0.15, 0.2) is 24.3 Å². The Morgan fingerprint density at radius 3 is 2.71 bits per heavy atom. The third-order valence-corrected chi connectivity index (χ3v) is 3.59. The summed E-state index contributed by atoms with van der Waals surface area (Å²) >= 11 is 0. The van der Waals surface area contributed by atoms with Crippen molar-refractivity contribution in [3.8, 4) is 12.3 Å². The fourth-order valence-corrected chi connectivity index (χ4v) is 2.66. The fourth-order valence-electron chi connectivity index (χ4n) is 1.29. The Kier molecular flexibility index (Phi) is 4.59. The van der Waals surface area contributed by atoms with E-state index in [1.807, 2.05) is 13.8 Å². The van der Waals surface area contributed by atoms with E-state index >= 15 is 0 Å². The van der Waals surface area contributed by atoms with Crippen LogP contribution in [0.3, 0.4) is 0 Å². The maximum absolute atomic E-state index is 11.7. The normalized spacial score (nSPS) is 11.2. The van der Waals surface area contributed by atoms with E-state index in [1.165, 1.54) is 0 Å². The Bertz CT molecular complexity index is 512. The number of hydrogen-bond acceptors (Lipinski definition) is 2. The average Bonchev–Trinajstić information content (AvgIpc) is 2.26. The molecule has 0 saturated carbocycles. The molecule has 1 rings (SSSR count). The van der Waals surface area contributed by atoms with Gasteiger partial charge in [0.15, 0.2) is 0 Å². The van der Waals surface area contributed by atoms with E-state index in [9.17, 15) is 8.42 Å². The molecule has 0 radical (unpaired) electrons. The molecule has 0 spiro atoms. The van der Waals surface area contributed by atoms with Gasteiger partial charge in [0.25, 0.3) is 0 Å². The van der Waals surface area contributed by atoms with Gasteiger partial charge in [0.1, 0.15) is 0 Å². The molecule has 1 aromatic rings. The zero-order chi connectivity index (χ0) is 12.9. The van der Waals surface area contributed by atoms with Crippen molar-refractivity contribution in [3.05, 3.63) is 29.8 Å². The topological polar surface area (TPSA) is 46.2 Å². The highest BCUT2D eigenvalue weighted by molar-refractivity contribution is 7.92. The zero-order valence-corrected chi connectivity index (χ0v) is 10.9. The van der Waals surface area contributed by atoms with Gasteiger partial charge in [-0.15, -0.1) is 6.42 Å². The van der Waals surface area contributed by atoms with Gasteiger partial charge < -0.3 is 0 Å². The van der Waals surface area contributed by atoms with Crippen molar-refractivity contribution in [1.29, 1.82) is 0 Å². The molecule has 0 heterocycles. The number of terminal acetylenes is 1. The Hall–Kier alpha value is -1.47. The van der Waals surface area contributed by atoms with Crippen molar-refractivity contribution in [1.82, 2.24) is 0 Å². The Morgan fingerprint density at radius 1 is 1.41 bits per heavy atom. The van der Waals surface area contributed by atoms with Crippen LogP contribution >= 0.6 is 0 Å². The van der Waals surface area contributed by atoms with Gasteiger partial charge in [-0.1, -0.05) is 25.8 Å². The van der Waals surface area contributed by atoms with Crippen LogP contribution < -0.4 is 4.72 Å². The summed E-state index contributed by atoms with van der Waals surface area (Å²) in [7, 11) is -3.27. The highest BCUT2D eigenvalue weighted by Gasteiger charge is 2.11. The van der Waals surface area contributed by atoms with Crippen LogP contribution in [0.1, 0.15) is 25.8 Å². The molecule has 1 N–H and O–H groups in total. The molecule has 0 atom stereocenters. The van der Waals surface area contributed by atoms with Crippen molar-refractivity contribution < 1.29 is 8.42 Å². The number of sulfonamides is 1. The summed E-state index contributed by atoms with van der Waals surface area (Å²) in [5.41, 5.74) is 1.18. The quantitative estimate of drug-likeness (QED) is 0.817. The van der Waals surface area contributed by atoms with Crippen LogP contribution in [-0.4, -0.2) is 14.2 Å². The molecule has 0 aliphatic rings. The molecule has 0 aromatic heterocycles. The van der Waals surface area contributed by atoms with Crippen LogP contribution in [0.2, 0.25) is 0 Å². The smallest absolute Gasteiger partial charge is 0.232 e. The molecule has 92 valence electrons. The van der Waals surface area contributed by atoms with Crippen molar-refractivity contribution in [2.75, 3.05) is 10.5 Å². The molecule has 4 heteroatoms. The van der Waals surface area contributed by atoms with Crippen LogP contribution in [0.5, 0.6) is 0 Å². The zero-order valence-electron chi connectivity index (χ0n) is 10.1. The predicted octanol–water partition coefficient (Wildman–Crippen LogP) is 2.46. The second-order valence-electron chi connectivity index (χ2n) is 4.33. The van der Waals surface area contributed by atoms with Gasteiger partial charge in [0.2, 0.25) is 10.0 Å². The largest absolute Gasteiger partial charge is 0.284 e. The minimum atomic E-state index is -3.27. The van der Waals surface area contributed by atoms with Crippen molar-refractivity contribution in [2.24, 2.45) is 5.92 Å². The number of nitrogens with one attached hydrogen (secondary N) is 1. The van der Waals surface area contributed by atoms with Crippen molar-refractivity contribution in [3.63, 3.8) is 0 Å². The molecular weight excluding hydrogens is 234 g/mol. The van der Waals surface area contributed by atoms with Crippen LogP contribution in [0, 0.1) is 18.3 Å². The van der Waals surface area contributed by atoms with Crippen molar-refractivity contribution >= 4 is 15.7 Å². The monoisotopic (exact) mass is 251 g/mol. The second-order valence-corrected chi connectivity index (χ2v) is 6.17. The first-order valence-corrected chi connectivity index (χ1v) is 7.15. The van der Waals surface area contributed by atoms with E-state index in [4.69, 9.17) is 6.42 Å². The number of rotatable bonds is 5. The number of hydrogen-bond donors (Lipinski definition) is 1. The summed E-state index contributed by atoms with van der Waals surface area (Å²) in [6.07, 6.45) is 5.90.